The molecule has 3 heteroatoms. The highest BCUT2D eigenvalue weighted by Gasteiger charge is 1.99. The molecule has 15 heavy (non-hydrogen) atoms. The summed E-state index contributed by atoms with van der Waals surface area (Å²) < 4.78 is 0. The van der Waals surface area contributed by atoms with Gasteiger partial charge >= 0.3 is 0 Å². The second kappa shape index (κ2) is 4.94. The molecule has 0 radical (unpaired) electrons. The van der Waals surface area contributed by atoms with Crippen LogP contribution in [0.5, 0.6) is 0 Å². The van der Waals surface area contributed by atoms with Gasteiger partial charge in [0.15, 0.2) is 5.16 Å². The first kappa shape index (κ1) is 10.2. The summed E-state index contributed by atoms with van der Waals surface area (Å²) in [7, 11) is 0. The van der Waals surface area contributed by atoms with Gasteiger partial charge in [-0.05, 0) is 11.3 Å². The molecule has 0 fully saturated rings. The number of aromatic nitrogens is 2. The van der Waals surface area contributed by atoms with E-state index < -0.39 is 0 Å². The van der Waals surface area contributed by atoms with Crippen molar-refractivity contribution in [1.29, 1.82) is 0 Å². The lowest BCUT2D eigenvalue weighted by Crippen LogP contribution is -1.87. The quantitative estimate of drug-likeness (QED) is 0.582. The molecular weight excluding hydrogens is 204 g/mol. The molecule has 2 rings (SSSR count). The standard InChI is InChI=1S/C12H12N2S/c1-2-15-12-13-8-11(9-14-12)10-6-4-3-5-7-10/h3-9H,2H2,1H3. The highest BCUT2D eigenvalue weighted by molar-refractivity contribution is 7.99. The van der Waals surface area contributed by atoms with Crippen LogP contribution in [0.3, 0.4) is 0 Å². The van der Waals surface area contributed by atoms with Crippen molar-refractivity contribution in [2.24, 2.45) is 0 Å². The largest absolute Gasteiger partial charge is 0.230 e. The van der Waals surface area contributed by atoms with Gasteiger partial charge in [-0.15, -0.1) is 0 Å². The highest BCUT2D eigenvalue weighted by Crippen LogP contribution is 2.18. The number of hydrogen-bond acceptors (Lipinski definition) is 3. The van der Waals surface area contributed by atoms with Gasteiger partial charge in [-0.2, -0.15) is 0 Å². The van der Waals surface area contributed by atoms with Gasteiger partial charge in [0.1, 0.15) is 0 Å². The second-order valence-electron chi connectivity index (χ2n) is 3.05. The van der Waals surface area contributed by atoms with E-state index in [-0.39, 0.29) is 0 Å². The van der Waals surface area contributed by atoms with E-state index in [2.05, 4.69) is 29.0 Å². The summed E-state index contributed by atoms with van der Waals surface area (Å²) in [4.78, 5) is 8.59. The van der Waals surface area contributed by atoms with Crippen LogP contribution >= 0.6 is 11.8 Å². The third-order valence-electron chi connectivity index (χ3n) is 2.01. The zero-order valence-electron chi connectivity index (χ0n) is 8.55. The van der Waals surface area contributed by atoms with Crippen LogP contribution in [0.25, 0.3) is 11.1 Å². The molecule has 0 bridgehead atoms. The highest BCUT2D eigenvalue weighted by atomic mass is 32.2. The lowest BCUT2D eigenvalue weighted by molar-refractivity contribution is 0.970. The van der Waals surface area contributed by atoms with Gasteiger partial charge in [-0.25, -0.2) is 9.97 Å². The van der Waals surface area contributed by atoms with E-state index in [0.29, 0.717) is 0 Å². The van der Waals surface area contributed by atoms with Crippen molar-refractivity contribution in [2.75, 3.05) is 5.75 Å². The van der Waals surface area contributed by atoms with Gasteiger partial charge in [0.05, 0.1) is 0 Å². The van der Waals surface area contributed by atoms with E-state index in [1.54, 1.807) is 11.8 Å². The van der Waals surface area contributed by atoms with Gasteiger partial charge in [0, 0.05) is 18.0 Å². The van der Waals surface area contributed by atoms with E-state index in [1.165, 1.54) is 0 Å². The predicted molar refractivity (Wildman–Crippen MR) is 63.9 cm³/mol. The molecule has 0 aliphatic heterocycles. The maximum absolute atomic E-state index is 4.30. The summed E-state index contributed by atoms with van der Waals surface area (Å²) in [5.74, 6) is 1.00. The SMILES string of the molecule is CCSc1ncc(-c2ccccc2)cn1. The summed E-state index contributed by atoms with van der Waals surface area (Å²) in [5, 5.41) is 0.845. The summed E-state index contributed by atoms with van der Waals surface area (Å²) in [6.07, 6.45) is 3.75. The number of benzene rings is 1. The van der Waals surface area contributed by atoms with Crippen LogP contribution in [-0.4, -0.2) is 15.7 Å². The van der Waals surface area contributed by atoms with Gasteiger partial charge < -0.3 is 0 Å². The Labute approximate surface area is 93.8 Å². The van der Waals surface area contributed by atoms with Crippen molar-refractivity contribution < 1.29 is 0 Å². The van der Waals surface area contributed by atoms with E-state index in [4.69, 9.17) is 0 Å². The smallest absolute Gasteiger partial charge is 0.187 e. The molecule has 1 aromatic carbocycles. The number of rotatable bonds is 3. The van der Waals surface area contributed by atoms with Crippen molar-refractivity contribution in [3.63, 3.8) is 0 Å². The Bertz CT molecular complexity index is 411. The first-order valence-electron chi connectivity index (χ1n) is 4.90. The summed E-state index contributed by atoms with van der Waals surface area (Å²) in [6.45, 7) is 2.10. The molecule has 0 saturated heterocycles. The third-order valence-corrected chi connectivity index (χ3v) is 2.77. The maximum atomic E-state index is 4.30. The van der Waals surface area contributed by atoms with Crippen LogP contribution in [0.1, 0.15) is 6.92 Å². The predicted octanol–water partition coefficient (Wildman–Crippen LogP) is 3.26. The third kappa shape index (κ3) is 2.57. The molecule has 2 aromatic rings. The molecule has 2 nitrogen and oxygen atoms in total. The van der Waals surface area contributed by atoms with E-state index in [0.717, 1.165) is 22.0 Å². The topological polar surface area (TPSA) is 25.8 Å². The Hall–Kier alpha value is -1.35. The molecule has 1 aromatic heterocycles. The summed E-state index contributed by atoms with van der Waals surface area (Å²) in [6, 6.07) is 10.2. The van der Waals surface area contributed by atoms with Crippen molar-refractivity contribution in [2.45, 2.75) is 12.1 Å². The Morgan fingerprint density at radius 2 is 1.67 bits per heavy atom. The Kier molecular flexibility index (Phi) is 3.35. The van der Waals surface area contributed by atoms with E-state index in [9.17, 15) is 0 Å². The number of nitrogens with zero attached hydrogens (tertiary/aromatic N) is 2. The maximum Gasteiger partial charge on any atom is 0.187 e. The normalized spacial score (nSPS) is 10.2. The van der Waals surface area contributed by atoms with Crippen LogP contribution in [0.2, 0.25) is 0 Å². The Morgan fingerprint density at radius 3 is 2.27 bits per heavy atom. The molecule has 0 aliphatic rings. The van der Waals surface area contributed by atoms with Crippen molar-refractivity contribution in [3.05, 3.63) is 42.7 Å². The lowest BCUT2D eigenvalue weighted by Gasteiger charge is -2.01. The first-order valence-corrected chi connectivity index (χ1v) is 5.89. The molecule has 0 N–H and O–H groups in total. The minimum atomic E-state index is 0.845. The summed E-state index contributed by atoms with van der Waals surface area (Å²) >= 11 is 1.66. The monoisotopic (exact) mass is 216 g/mol. The Morgan fingerprint density at radius 1 is 1.00 bits per heavy atom. The average molecular weight is 216 g/mol. The molecule has 0 atom stereocenters. The van der Waals surface area contributed by atoms with Crippen LogP contribution in [0, 0.1) is 0 Å². The van der Waals surface area contributed by atoms with Crippen LogP contribution in [0.4, 0.5) is 0 Å². The lowest BCUT2D eigenvalue weighted by atomic mass is 10.1. The number of hydrogen-bond donors (Lipinski definition) is 0. The molecule has 0 saturated carbocycles. The van der Waals surface area contributed by atoms with Crippen molar-refractivity contribution >= 4 is 11.8 Å². The Balaban J connectivity index is 2.24. The van der Waals surface area contributed by atoms with Crippen LogP contribution < -0.4 is 0 Å². The fourth-order valence-corrected chi connectivity index (χ4v) is 1.81. The molecule has 0 amide bonds. The minimum Gasteiger partial charge on any atom is -0.230 e. The van der Waals surface area contributed by atoms with E-state index >= 15 is 0 Å². The molecule has 0 spiro atoms. The van der Waals surface area contributed by atoms with Gasteiger partial charge in [-0.3, -0.25) is 0 Å². The van der Waals surface area contributed by atoms with Crippen LogP contribution in [-0.2, 0) is 0 Å². The fourth-order valence-electron chi connectivity index (χ4n) is 1.30. The molecule has 0 unspecified atom stereocenters. The molecule has 0 aliphatic carbocycles. The average Bonchev–Trinajstić information content (AvgIpc) is 2.32. The molecule has 1 heterocycles. The minimum absolute atomic E-state index is 0.845. The molecule has 76 valence electrons. The summed E-state index contributed by atoms with van der Waals surface area (Å²) in [5.41, 5.74) is 2.22. The van der Waals surface area contributed by atoms with Crippen molar-refractivity contribution in [3.8, 4) is 11.1 Å². The van der Waals surface area contributed by atoms with Crippen molar-refractivity contribution in [1.82, 2.24) is 9.97 Å². The first-order chi connectivity index (χ1) is 7.40. The second-order valence-corrected chi connectivity index (χ2v) is 4.28. The molecular formula is C12H12N2S. The van der Waals surface area contributed by atoms with Gasteiger partial charge in [0.2, 0.25) is 0 Å². The fraction of sp³-hybridized carbons (Fsp3) is 0.167. The van der Waals surface area contributed by atoms with Crippen LogP contribution in [0.15, 0.2) is 47.9 Å². The zero-order valence-corrected chi connectivity index (χ0v) is 9.37. The van der Waals surface area contributed by atoms with E-state index in [1.807, 2.05) is 30.6 Å². The van der Waals surface area contributed by atoms with Gasteiger partial charge in [0.25, 0.3) is 0 Å². The van der Waals surface area contributed by atoms with Gasteiger partial charge in [-0.1, -0.05) is 49.0 Å². The zero-order chi connectivity index (χ0) is 10.5. The number of thioether (sulfide) groups is 1.